The van der Waals surface area contributed by atoms with Crippen molar-refractivity contribution in [1.29, 1.82) is 0 Å². The van der Waals surface area contributed by atoms with E-state index in [0.29, 0.717) is 22.8 Å². The lowest BCUT2D eigenvalue weighted by atomic mass is 9.97. The van der Waals surface area contributed by atoms with Gasteiger partial charge in [0.25, 0.3) is 5.91 Å². The third kappa shape index (κ3) is 3.71. The second-order valence-corrected chi connectivity index (χ2v) is 6.87. The number of benzene rings is 2. The summed E-state index contributed by atoms with van der Waals surface area (Å²) in [6.07, 6.45) is 1.70. The summed E-state index contributed by atoms with van der Waals surface area (Å²) in [5.41, 5.74) is 1.79. The molecular weight excluding hydrogens is 356 g/mol. The van der Waals surface area contributed by atoms with Gasteiger partial charge in [-0.3, -0.25) is 9.59 Å². The first-order valence-electron chi connectivity index (χ1n) is 9.09. The van der Waals surface area contributed by atoms with Gasteiger partial charge in [-0.15, -0.1) is 0 Å². The molecule has 1 N–H and O–H groups in total. The first-order valence-corrected chi connectivity index (χ1v) is 9.09. The Morgan fingerprint density at radius 1 is 1.04 bits per heavy atom. The summed E-state index contributed by atoms with van der Waals surface area (Å²) in [5, 5.41) is 2.92. The molecule has 1 aliphatic heterocycles. The largest absolute Gasteiger partial charge is 0.493 e. The summed E-state index contributed by atoms with van der Waals surface area (Å²) >= 11 is 0. The molecule has 0 bridgehead atoms. The van der Waals surface area contributed by atoms with Crippen LogP contribution in [-0.2, 0) is 4.79 Å². The summed E-state index contributed by atoms with van der Waals surface area (Å²) < 4.78 is 10.6. The number of ether oxygens (including phenoxy) is 2. The Morgan fingerprint density at radius 2 is 1.71 bits per heavy atom. The van der Waals surface area contributed by atoms with Crippen LogP contribution in [0.15, 0.2) is 54.7 Å². The summed E-state index contributed by atoms with van der Waals surface area (Å²) in [5.74, 6) is 0.655. The zero-order valence-electron chi connectivity index (χ0n) is 16.4. The third-order valence-corrected chi connectivity index (χ3v) is 4.68. The van der Waals surface area contributed by atoms with Crippen LogP contribution in [0.1, 0.15) is 29.8 Å². The van der Waals surface area contributed by atoms with Crippen molar-refractivity contribution in [3.63, 3.8) is 0 Å². The van der Waals surface area contributed by atoms with Crippen LogP contribution in [0.25, 0.3) is 5.70 Å². The molecule has 3 rings (SSSR count). The Hall–Kier alpha value is -3.28. The highest BCUT2D eigenvalue weighted by molar-refractivity contribution is 6.02. The molecule has 146 valence electrons. The Bertz CT molecular complexity index is 906. The van der Waals surface area contributed by atoms with E-state index in [1.54, 1.807) is 56.8 Å². The van der Waals surface area contributed by atoms with E-state index in [1.807, 2.05) is 26.0 Å². The maximum Gasteiger partial charge on any atom is 0.258 e. The van der Waals surface area contributed by atoms with Gasteiger partial charge < -0.3 is 19.7 Å². The Morgan fingerprint density at radius 3 is 2.32 bits per heavy atom. The number of rotatable bonds is 5. The molecule has 1 heterocycles. The van der Waals surface area contributed by atoms with E-state index < -0.39 is 6.04 Å². The highest BCUT2D eigenvalue weighted by atomic mass is 16.5. The van der Waals surface area contributed by atoms with Crippen molar-refractivity contribution in [3.05, 3.63) is 65.9 Å². The lowest BCUT2D eigenvalue weighted by Gasteiger charge is -2.35. The van der Waals surface area contributed by atoms with Crippen LogP contribution >= 0.6 is 0 Å². The molecule has 2 amide bonds. The average molecular weight is 380 g/mol. The molecule has 2 aromatic rings. The minimum Gasteiger partial charge on any atom is -0.493 e. The number of carbonyl (C=O) groups is 2. The number of hydrogen-bond donors (Lipinski definition) is 1. The molecule has 0 spiro atoms. The van der Waals surface area contributed by atoms with Crippen LogP contribution in [0, 0.1) is 5.92 Å². The highest BCUT2D eigenvalue weighted by Crippen LogP contribution is 2.31. The van der Waals surface area contributed by atoms with E-state index in [9.17, 15) is 9.59 Å². The highest BCUT2D eigenvalue weighted by Gasteiger charge is 2.36. The Labute approximate surface area is 164 Å². The minimum atomic E-state index is -0.586. The van der Waals surface area contributed by atoms with Crippen molar-refractivity contribution >= 4 is 17.5 Å². The standard InChI is InChI=1S/C22H24N2O4/c1-14(2)20-21(25)23-17(16-10-11-18(27-3)19(12-16)28-4)13-24(20)22(26)15-8-6-5-7-9-15/h5-14,20H,1-4H3,(H,23,25)/t20-/m0/s1. The molecule has 0 fully saturated rings. The molecule has 1 atom stereocenters. The van der Waals surface area contributed by atoms with Crippen molar-refractivity contribution < 1.29 is 19.1 Å². The maximum atomic E-state index is 13.1. The monoisotopic (exact) mass is 380 g/mol. The van der Waals surface area contributed by atoms with E-state index in [4.69, 9.17) is 9.47 Å². The molecule has 1 aliphatic rings. The van der Waals surface area contributed by atoms with Crippen LogP contribution in [0.3, 0.4) is 0 Å². The second-order valence-electron chi connectivity index (χ2n) is 6.87. The van der Waals surface area contributed by atoms with Crippen molar-refractivity contribution in [1.82, 2.24) is 10.2 Å². The average Bonchev–Trinajstić information content (AvgIpc) is 2.72. The number of hydrogen-bond acceptors (Lipinski definition) is 4. The van der Waals surface area contributed by atoms with Crippen LogP contribution in [-0.4, -0.2) is 37.0 Å². The van der Waals surface area contributed by atoms with Crippen LogP contribution in [0.2, 0.25) is 0 Å². The Kier molecular flexibility index (Phi) is 5.68. The number of amides is 2. The molecule has 0 saturated heterocycles. The minimum absolute atomic E-state index is 0.0455. The van der Waals surface area contributed by atoms with E-state index in [-0.39, 0.29) is 17.7 Å². The van der Waals surface area contributed by atoms with E-state index in [2.05, 4.69) is 5.32 Å². The van der Waals surface area contributed by atoms with Crippen molar-refractivity contribution in [2.75, 3.05) is 14.2 Å². The second kappa shape index (κ2) is 8.17. The van der Waals surface area contributed by atoms with Gasteiger partial charge in [-0.05, 0) is 36.2 Å². The molecule has 6 nitrogen and oxygen atoms in total. The van der Waals surface area contributed by atoms with Gasteiger partial charge in [-0.2, -0.15) is 0 Å². The van der Waals surface area contributed by atoms with Gasteiger partial charge in [0.1, 0.15) is 6.04 Å². The molecule has 0 aromatic heterocycles. The number of carbonyl (C=O) groups excluding carboxylic acids is 2. The van der Waals surface area contributed by atoms with Crippen LogP contribution in [0.5, 0.6) is 11.5 Å². The smallest absolute Gasteiger partial charge is 0.258 e. The summed E-state index contributed by atoms with van der Waals surface area (Å²) in [7, 11) is 3.11. The fraction of sp³-hybridized carbons (Fsp3) is 0.273. The molecule has 0 aliphatic carbocycles. The van der Waals surface area contributed by atoms with Gasteiger partial charge in [0.05, 0.1) is 19.9 Å². The lowest BCUT2D eigenvalue weighted by molar-refractivity contribution is -0.125. The molecule has 0 radical (unpaired) electrons. The molecule has 0 saturated carbocycles. The van der Waals surface area contributed by atoms with E-state index in [0.717, 1.165) is 5.56 Å². The molecular formula is C22H24N2O4. The Balaban J connectivity index is 2.05. The molecule has 28 heavy (non-hydrogen) atoms. The predicted octanol–water partition coefficient (Wildman–Crippen LogP) is 3.30. The number of nitrogens with one attached hydrogen (secondary N) is 1. The first-order chi connectivity index (χ1) is 13.5. The first kappa shape index (κ1) is 19.5. The maximum absolute atomic E-state index is 13.1. The normalized spacial score (nSPS) is 16.5. The predicted molar refractivity (Wildman–Crippen MR) is 107 cm³/mol. The van der Waals surface area contributed by atoms with Crippen molar-refractivity contribution in [2.45, 2.75) is 19.9 Å². The summed E-state index contributed by atoms with van der Waals surface area (Å²) in [6.45, 7) is 3.84. The SMILES string of the molecule is COc1ccc(C2=CN(C(=O)c3ccccc3)[C@@H](C(C)C)C(=O)N2)cc1OC. The van der Waals surface area contributed by atoms with Crippen LogP contribution in [0.4, 0.5) is 0 Å². The fourth-order valence-corrected chi connectivity index (χ4v) is 3.27. The molecule has 0 unspecified atom stereocenters. The molecule has 6 heteroatoms. The van der Waals surface area contributed by atoms with Gasteiger partial charge >= 0.3 is 0 Å². The van der Waals surface area contributed by atoms with Gasteiger partial charge in [-0.1, -0.05) is 32.0 Å². The number of nitrogens with zero attached hydrogens (tertiary/aromatic N) is 1. The third-order valence-electron chi connectivity index (χ3n) is 4.68. The topological polar surface area (TPSA) is 67.9 Å². The summed E-state index contributed by atoms with van der Waals surface area (Å²) in [4.78, 5) is 27.5. The van der Waals surface area contributed by atoms with E-state index >= 15 is 0 Å². The van der Waals surface area contributed by atoms with Gasteiger partial charge in [0.15, 0.2) is 11.5 Å². The zero-order chi connectivity index (χ0) is 20.3. The zero-order valence-corrected chi connectivity index (χ0v) is 16.4. The van der Waals surface area contributed by atoms with Crippen molar-refractivity contribution in [2.24, 2.45) is 5.92 Å². The van der Waals surface area contributed by atoms with Gasteiger partial charge in [0.2, 0.25) is 5.91 Å². The number of methoxy groups -OCH3 is 2. The summed E-state index contributed by atoms with van der Waals surface area (Å²) in [6, 6.07) is 13.7. The molecule has 2 aromatic carbocycles. The van der Waals surface area contributed by atoms with Crippen LogP contribution < -0.4 is 14.8 Å². The fourth-order valence-electron chi connectivity index (χ4n) is 3.27. The van der Waals surface area contributed by atoms with Crippen molar-refractivity contribution in [3.8, 4) is 11.5 Å². The van der Waals surface area contributed by atoms with Gasteiger partial charge in [0, 0.05) is 17.3 Å². The van der Waals surface area contributed by atoms with E-state index in [1.165, 1.54) is 4.90 Å². The quantitative estimate of drug-likeness (QED) is 0.864. The van der Waals surface area contributed by atoms with Gasteiger partial charge in [-0.25, -0.2) is 0 Å². The lowest BCUT2D eigenvalue weighted by Crippen LogP contribution is -2.53.